The van der Waals surface area contributed by atoms with Crippen LogP contribution in [-0.2, 0) is 0 Å². The first kappa shape index (κ1) is 26.8. The van der Waals surface area contributed by atoms with E-state index in [2.05, 4.69) is 28.5 Å². The second-order valence-corrected chi connectivity index (χ2v) is 7.29. The van der Waals surface area contributed by atoms with Crippen LogP contribution in [0.1, 0.15) is 18.0 Å². The van der Waals surface area contributed by atoms with Crippen molar-refractivity contribution in [2.24, 2.45) is 0 Å². The van der Waals surface area contributed by atoms with Gasteiger partial charge in [0.05, 0.1) is 0 Å². The van der Waals surface area contributed by atoms with Gasteiger partial charge in [-0.15, -0.1) is 0 Å². The molecule has 1 aromatic heterocycles. The molecule has 4 aromatic rings. The molecule has 0 fully saturated rings. The van der Waals surface area contributed by atoms with Crippen LogP contribution in [0, 0.1) is 0 Å². The first-order valence-electron chi connectivity index (χ1n) is 10.9. The standard InChI is InChI=1S/C10H12N2.2C6H6O2.C6H6O/c1-2-7-12-10(5-1)9-4-3-6-11-8-9;7-5-1-2-6(8)4-3-5;7-5-3-1-2-4-6(5)8;7-6-4-2-1-3-5-6/h1-4,6,8,10,12H,5,7H2;2*1-4,7-8H;1-5,7H/t10-;;;/m0.../s1. The minimum atomic E-state index is -0.0764. The van der Waals surface area contributed by atoms with Crippen molar-refractivity contribution in [2.45, 2.75) is 12.5 Å². The van der Waals surface area contributed by atoms with E-state index in [0.717, 1.165) is 13.0 Å². The van der Waals surface area contributed by atoms with E-state index < -0.39 is 0 Å². The summed E-state index contributed by atoms with van der Waals surface area (Å²) in [6.45, 7) is 0.972. The molecule has 0 radical (unpaired) electrons. The monoisotopic (exact) mass is 474 g/mol. The van der Waals surface area contributed by atoms with Crippen LogP contribution >= 0.6 is 0 Å². The quantitative estimate of drug-likeness (QED) is 0.126. The fraction of sp³-hybridized carbons (Fsp3) is 0.107. The minimum Gasteiger partial charge on any atom is -0.508 e. The van der Waals surface area contributed by atoms with Gasteiger partial charge in [-0.05, 0) is 66.6 Å². The smallest absolute Gasteiger partial charge is 0.157 e. The van der Waals surface area contributed by atoms with Gasteiger partial charge in [0.15, 0.2) is 11.5 Å². The summed E-state index contributed by atoms with van der Waals surface area (Å²) >= 11 is 0. The van der Waals surface area contributed by atoms with Gasteiger partial charge >= 0.3 is 0 Å². The van der Waals surface area contributed by atoms with Crippen LogP contribution in [0.25, 0.3) is 0 Å². The molecule has 0 unspecified atom stereocenters. The van der Waals surface area contributed by atoms with Gasteiger partial charge in [0.2, 0.25) is 0 Å². The summed E-state index contributed by atoms with van der Waals surface area (Å²) in [5, 5.41) is 46.7. The molecule has 1 aliphatic rings. The van der Waals surface area contributed by atoms with Crippen LogP contribution in [-0.4, -0.2) is 37.1 Å². The average molecular weight is 475 g/mol. The molecular formula is C28H30N2O5. The van der Waals surface area contributed by atoms with E-state index in [-0.39, 0.29) is 23.0 Å². The van der Waals surface area contributed by atoms with Crippen molar-refractivity contribution < 1.29 is 25.5 Å². The molecule has 6 N–H and O–H groups in total. The van der Waals surface area contributed by atoms with E-state index in [1.165, 1.54) is 42.0 Å². The van der Waals surface area contributed by atoms with Gasteiger partial charge in [0.25, 0.3) is 0 Å². The van der Waals surface area contributed by atoms with Gasteiger partial charge in [0, 0.05) is 25.0 Å². The zero-order valence-corrected chi connectivity index (χ0v) is 19.1. The number of hydrogen-bond donors (Lipinski definition) is 6. The number of nitrogens with one attached hydrogen (secondary N) is 1. The predicted molar refractivity (Wildman–Crippen MR) is 136 cm³/mol. The van der Waals surface area contributed by atoms with Crippen LogP contribution in [0.5, 0.6) is 28.7 Å². The van der Waals surface area contributed by atoms with Crippen molar-refractivity contribution in [3.8, 4) is 28.7 Å². The van der Waals surface area contributed by atoms with Crippen LogP contribution in [0.15, 0.2) is 116 Å². The van der Waals surface area contributed by atoms with Crippen molar-refractivity contribution in [1.29, 1.82) is 0 Å². The molecule has 0 saturated heterocycles. The van der Waals surface area contributed by atoms with Gasteiger partial charge in [-0.2, -0.15) is 0 Å². The van der Waals surface area contributed by atoms with E-state index in [4.69, 9.17) is 25.5 Å². The second kappa shape index (κ2) is 15.4. The lowest BCUT2D eigenvalue weighted by molar-refractivity contribution is 0.404. The van der Waals surface area contributed by atoms with Crippen LogP contribution in [0.3, 0.4) is 0 Å². The van der Waals surface area contributed by atoms with E-state index in [9.17, 15) is 0 Å². The summed E-state index contributed by atoms with van der Waals surface area (Å²) in [5.41, 5.74) is 1.28. The molecule has 2 heterocycles. The Balaban J connectivity index is 0.000000169. The van der Waals surface area contributed by atoms with Gasteiger partial charge in [-0.3, -0.25) is 4.98 Å². The Kier molecular flexibility index (Phi) is 11.7. The third-order valence-corrected chi connectivity index (χ3v) is 4.59. The first-order chi connectivity index (χ1) is 17.0. The lowest BCUT2D eigenvalue weighted by atomic mass is 10.0. The van der Waals surface area contributed by atoms with E-state index in [0.29, 0.717) is 11.8 Å². The van der Waals surface area contributed by atoms with Crippen molar-refractivity contribution in [3.05, 3.63) is 121 Å². The highest BCUT2D eigenvalue weighted by Crippen LogP contribution is 2.21. The summed E-state index contributed by atoms with van der Waals surface area (Å²) < 4.78 is 0. The Bertz CT molecular complexity index is 1080. The summed E-state index contributed by atoms with van der Waals surface area (Å²) in [5.74, 6) is 0.508. The highest BCUT2D eigenvalue weighted by molar-refractivity contribution is 5.36. The number of phenolic OH excluding ortho intramolecular Hbond substituents is 5. The zero-order valence-electron chi connectivity index (χ0n) is 19.1. The molecule has 7 nitrogen and oxygen atoms in total. The molecule has 1 atom stereocenters. The third kappa shape index (κ3) is 11.3. The maximum Gasteiger partial charge on any atom is 0.157 e. The highest BCUT2D eigenvalue weighted by atomic mass is 16.3. The molecule has 0 aliphatic carbocycles. The van der Waals surface area contributed by atoms with E-state index in [1.54, 1.807) is 36.4 Å². The first-order valence-corrected chi connectivity index (χ1v) is 10.9. The molecule has 5 rings (SSSR count). The molecule has 35 heavy (non-hydrogen) atoms. The molecule has 7 heteroatoms. The number of nitrogens with zero attached hydrogens (tertiary/aromatic N) is 1. The number of phenols is 5. The number of pyridine rings is 1. The van der Waals surface area contributed by atoms with E-state index >= 15 is 0 Å². The van der Waals surface area contributed by atoms with Crippen molar-refractivity contribution in [3.63, 3.8) is 0 Å². The predicted octanol–water partition coefficient (Wildman–Crippen LogP) is 5.26. The maximum absolute atomic E-state index is 8.67. The molecule has 3 aromatic carbocycles. The molecule has 0 amide bonds. The topological polar surface area (TPSA) is 126 Å². The number of aromatic hydroxyl groups is 5. The fourth-order valence-electron chi connectivity index (χ4n) is 2.79. The Morgan fingerprint density at radius 3 is 1.54 bits per heavy atom. The summed E-state index contributed by atoms with van der Waals surface area (Å²) in [4.78, 5) is 4.10. The van der Waals surface area contributed by atoms with Gasteiger partial charge in [0.1, 0.15) is 17.2 Å². The van der Waals surface area contributed by atoms with E-state index in [1.807, 2.05) is 24.5 Å². The lowest BCUT2D eigenvalue weighted by Crippen LogP contribution is -2.23. The Labute approximate surface area is 204 Å². The molecule has 182 valence electrons. The van der Waals surface area contributed by atoms with Gasteiger partial charge in [-0.25, -0.2) is 0 Å². The average Bonchev–Trinajstić information content (AvgIpc) is 2.90. The van der Waals surface area contributed by atoms with Gasteiger partial charge in [-0.1, -0.05) is 48.6 Å². The number of rotatable bonds is 1. The molecule has 1 aliphatic heterocycles. The highest BCUT2D eigenvalue weighted by Gasteiger charge is 2.10. The number of benzene rings is 3. The number of hydrogen-bond acceptors (Lipinski definition) is 7. The second-order valence-electron chi connectivity index (χ2n) is 7.29. The fourth-order valence-corrected chi connectivity index (χ4v) is 2.79. The largest absolute Gasteiger partial charge is 0.508 e. The summed E-state index contributed by atoms with van der Waals surface area (Å²) in [7, 11) is 0. The zero-order chi connectivity index (χ0) is 25.3. The minimum absolute atomic E-state index is 0.0764. The third-order valence-electron chi connectivity index (χ3n) is 4.59. The van der Waals surface area contributed by atoms with Crippen LogP contribution < -0.4 is 5.32 Å². The Morgan fingerprint density at radius 1 is 0.600 bits per heavy atom. The van der Waals surface area contributed by atoms with Crippen LogP contribution in [0.4, 0.5) is 0 Å². The summed E-state index contributed by atoms with van der Waals surface area (Å²) in [6.07, 6.45) is 9.19. The normalized spacial score (nSPS) is 13.5. The molecule has 0 spiro atoms. The molecular weight excluding hydrogens is 444 g/mol. The Hall–Kier alpha value is -4.49. The lowest BCUT2D eigenvalue weighted by Gasteiger charge is -2.19. The number of aromatic nitrogens is 1. The van der Waals surface area contributed by atoms with Crippen molar-refractivity contribution >= 4 is 0 Å². The molecule has 0 bridgehead atoms. The van der Waals surface area contributed by atoms with Crippen molar-refractivity contribution in [1.82, 2.24) is 10.3 Å². The Morgan fingerprint density at radius 2 is 1.14 bits per heavy atom. The van der Waals surface area contributed by atoms with Crippen molar-refractivity contribution in [2.75, 3.05) is 6.54 Å². The number of para-hydroxylation sites is 3. The summed E-state index contributed by atoms with van der Waals surface area (Å²) in [6, 6.07) is 25.1. The van der Waals surface area contributed by atoms with Gasteiger partial charge < -0.3 is 30.8 Å². The maximum atomic E-state index is 8.67. The van der Waals surface area contributed by atoms with Crippen LogP contribution in [0.2, 0.25) is 0 Å². The molecule has 0 saturated carbocycles. The SMILES string of the molecule is C1=CC[C@@H](c2cccnc2)NC1.Oc1ccc(O)cc1.Oc1ccccc1.Oc1ccccc1O.